The van der Waals surface area contributed by atoms with Crippen LogP contribution in [0.1, 0.15) is 5.56 Å². The van der Waals surface area contributed by atoms with Crippen molar-refractivity contribution < 1.29 is 34.3 Å². The molecule has 0 aliphatic carbocycles. The van der Waals surface area contributed by atoms with E-state index in [0.717, 1.165) is 10.9 Å². The Bertz CT molecular complexity index is 783. The van der Waals surface area contributed by atoms with Crippen molar-refractivity contribution in [3.63, 3.8) is 0 Å². The Balaban J connectivity index is 1.87. The van der Waals surface area contributed by atoms with Crippen LogP contribution in [-0.4, -0.2) is 57.7 Å². The second kappa shape index (κ2) is 6.50. The van der Waals surface area contributed by atoms with Gasteiger partial charge in [-0.3, -0.25) is 0 Å². The highest BCUT2D eigenvalue weighted by Crippen LogP contribution is 2.27. The summed E-state index contributed by atoms with van der Waals surface area (Å²) in [5.41, 5.74) is 0.563. The summed E-state index contributed by atoms with van der Waals surface area (Å²) in [6, 6.07) is 6.12. The third-order valence-corrected chi connectivity index (χ3v) is 4.02. The zero-order valence-corrected chi connectivity index (χ0v) is 12.8. The van der Waals surface area contributed by atoms with Crippen LogP contribution in [0.15, 0.2) is 33.5 Å². The summed E-state index contributed by atoms with van der Waals surface area (Å²) in [5.74, 6) is 0.237. The third kappa shape index (κ3) is 3.02. The molecule has 1 fully saturated rings. The van der Waals surface area contributed by atoms with Crippen molar-refractivity contribution in [3.05, 3.63) is 40.2 Å². The summed E-state index contributed by atoms with van der Waals surface area (Å²) >= 11 is 0. The highest BCUT2D eigenvalue weighted by atomic mass is 16.7. The molecule has 2 heterocycles. The predicted molar refractivity (Wildman–Crippen MR) is 81.6 cm³/mol. The standard InChI is InChI=1S/C16H18O8/c1-7-4-12(18)23-10-5-8(2-3-9(7)10)22-16-15(21)14(20)13(19)11(6-17)24-16/h2-5,11,13-17,19-21H,6H2,1H3/t11-,13-,14+,15+,16?/m1/s1. The number of ether oxygens (including phenoxy) is 2. The highest BCUT2D eigenvalue weighted by molar-refractivity contribution is 5.81. The van der Waals surface area contributed by atoms with Crippen LogP contribution in [0.5, 0.6) is 5.75 Å². The fourth-order valence-electron chi connectivity index (χ4n) is 2.68. The van der Waals surface area contributed by atoms with Crippen molar-refractivity contribution in [2.45, 2.75) is 37.6 Å². The molecule has 130 valence electrons. The van der Waals surface area contributed by atoms with Crippen LogP contribution >= 0.6 is 0 Å². The highest BCUT2D eigenvalue weighted by Gasteiger charge is 2.44. The summed E-state index contributed by atoms with van der Waals surface area (Å²) in [5, 5.41) is 39.4. The number of aryl methyl sites for hydroxylation is 1. The van der Waals surface area contributed by atoms with E-state index in [2.05, 4.69) is 0 Å². The lowest BCUT2D eigenvalue weighted by Crippen LogP contribution is -2.60. The van der Waals surface area contributed by atoms with E-state index in [9.17, 15) is 20.1 Å². The normalized spacial score (nSPS) is 30.5. The lowest BCUT2D eigenvalue weighted by atomic mass is 9.99. The topological polar surface area (TPSA) is 130 Å². The van der Waals surface area contributed by atoms with Crippen LogP contribution in [0.4, 0.5) is 0 Å². The molecule has 24 heavy (non-hydrogen) atoms. The van der Waals surface area contributed by atoms with Crippen LogP contribution < -0.4 is 10.4 Å². The number of fused-ring (bicyclic) bond motifs is 1. The SMILES string of the molecule is Cc1cc(=O)oc2cc(OC3O[C@H](CO)[C@@H](O)[C@H](O)[C@@H]3O)ccc12. The van der Waals surface area contributed by atoms with Gasteiger partial charge in [-0.2, -0.15) is 0 Å². The Morgan fingerprint density at radius 2 is 1.88 bits per heavy atom. The molecule has 1 aromatic heterocycles. The monoisotopic (exact) mass is 338 g/mol. The van der Waals surface area contributed by atoms with E-state index in [0.29, 0.717) is 5.58 Å². The maximum absolute atomic E-state index is 11.5. The van der Waals surface area contributed by atoms with Crippen molar-refractivity contribution in [2.75, 3.05) is 6.61 Å². The van der Waals surface area contributed by atoms with Gasteiger partial charge in [0.25, 0.3) is 0 Å². The van der Waals surface area contributed by atoms with E-state index in [1.165, 1.54) is 12.1 Å². The Hall–Kier alpha value is -1.97. The molecule has 2 aromatic rings. The second-order valence-corrected chi connectivity index (χ2v) is 5.72. The van der Waals surface area contributed by atoms with Gasteiger partial charge in [0, 0.05) is 17.5 Å². The molecular weight excluding hydrogens is 320 g/mol. The van der Waals surface area contributed by atoms with Gasteiger partial charge in [0.05, 0.1) is 6.61 Å². The number of benzene rings is 1. The van der Waals surface area contributed by atoms with E-state index >= 15 is 0 Å². The van der Waals surface area contributed by atoms with Crippen LogP contribution in [0, 0.1) is 6.92 Å². The first-order chi connectivity index (χ1) is 11.4. The second-order valence-electron chi connectivity index (χ2n) is 5.72. The first-order valence-electron chi connectivity index (χ1n) is 7.42. The Morgan fingerprint density at radius 3 is 2.58 bits per heavy atom. The minimum Gasteiger partial charge on any atom is -0.462 e. The summed E-state index contributed by atoms with van der Waals surface area (Å²) in [7, 11) is 0. The zero-order valence-electron chi connectivity index (χ0n) is 12.8. The molecule has 1 unspecified atom stereocenters. The Morgan fingerprint density at radius 1 is 1.12 bits per heavy atom. The zero-order chi connectivity index (χ0) is 17.4. The molecule has 1 aliphatic rings. The Labute approximate surface area is 136 Å². The predicted octanol–water partition coefficient (Wildman–Crippen LogP) is -0.720. The van der Waals surface area contributed by atoms with Gasteiger partial charge in [-0.25, -0.2) is 4.79 Å². The number of rotatable bonds is 3. The molecule has 8 heteroatoms. The molecule has 1 aromatic carbocycles. The smallest absolute Gasteiger partial charge is 0.336 e. The summed E-state index contributed by atoms with van der Waals surface area (Å²) in [6.45, 7) is 1.23. The van der Waals surface area contributed by atoms with Gasteiger partial charge < -0.3 is 34.3 Å². The lowest BCUT2D eigenvalue weighted by molar-refractivity contribution is -0.277. The molecule has 1 aliphatic heterocycles. The van der Waals surface area contributed by atoms with E-state index in [1.54, 1.807) is 19.1 Å². The number of hydrogen-bond acceptors (Lipinski definition) is 8. The maximum Gasteiger partial charge on any atom is 0.336 e. The van der Waals surface area contributed by atoms with Crippen molar-refractivity contribution in [1.82, 2.24) is 0 Å². The van der Waals surface area contributed by atoms with Crippen molar-refractivity contribution in [1.29, 1.82) is 0 Å². The van der Waals surface area contributed by atoms with Gasteiger partial charge in [-0.1, -0.05) is 0 Å². The van der Waals surface area contributed by atoms with Crippen LogP contribution in [0.3, 0.4) is 0 Å². The van der Waals surface area contributed by atoms with Crippen LogP contribution in [0.2, 0.25) is 0 Å². The molecule has 1 saturated heterocycles. The molecule has 5 atom stereocenters. The number of aliphatic hydroxyl groups is 4. The van der Waals surface area contributed by atoms with E-state index < -0.39 is 42.9 Å². The summed E-state index contributed by atoms with van der Waals surface area (Å²) in [6.07, 6.45) is -6.85. The quantitative estimate of drug-likeness (QED) is 0.540. The summed E-state index contributed by atoms with van der Waals surface area (Å²) in [4.78, 5) is 11.5. The fourth-order valence-corrected chi connectivity index (χ4v) is 2.68. The molecule has 8 nitrogen and oxygen atoms in total. The largest absolute Gasteiger partial charge is 0.462 e. The van der Waals surface area contributed by atoms with Crippen molar-refractivity contribution >= 4 is 11.0 Å². The average molecular weight is 338 g/mol. The molecule has 0 amide bonds. The van der Waals surface area contributed by atoms with Gasteiger partial charge >= 0.3 is 5.63 Å². The van der Waals surface area contributed by atoms with Crippen molar-refractivity contribution in [3.8, 4) is 5.75 Å². The fraction of sp³-hybridized carbons (Fsp3) is 0.438. The van der Waals surface area contributed by atoms with Crippen LogP contribution in [-0.2, 0) is 4.74 Å². The lowest BCUT2D eigenvalue weighted by Gasteiger charge is -2.39. The third-order valence-electron chi connectivity index (χ3n) is 4.02. The summed E-state index contributed by atoms with van der Waals surface area (Å²) < 4.78 is 15.9. The minimum atomic E-state index is -1.53. The molecule has 4 N–H and O–H groups in total. The van der Waals surface area contributed by atoms with Gasteiger partial charge in [0.1, 0.15) is 35.7 Å². The molecule has 0 radical (unpaired) electrons. The molecule has 0 saturated carbocycles. The first-order valence-corrected chi connectivity index (χ1v) is 7.42. The minimum absolute atomic E-state index is 0.237. The van der Waals surface area contributed by atoms with E-state index in [4.69, 9.17) is 19.0 Å². The number of hydrogen-bond donors (Lipinski definition) is 4. The molecule has 0 bridgehead atoms. The average Bonchev–Trinajstić information content (AvgIpc) is 2.55. The molecular formula is C16H18O8. The molecule has 0 spiro atoms. The van der Waals surface area contributed by atoms with Crippen LogP contribution in [0.25, 0.3) is 11.0 Å². The number of aliphatic hydroxyl groups excluding tert-OH is 4. The van der Waals surface area contributed by atoms with E-state index in [-0.39, 0.29) is 5.75 Å². The van der Waals surface area contributed by atoms with E-state index in [1.807, 2.05) is 0 Å². The maximum atomic E-state index is 11.5. The van der Waals surface area contributed by atoms with Gasteiger partial charge in [-0.05, 0) is 24.6 Å². The first kappa shape index (κ1) is 16.9. The Kier molecular flexibility index (Phi) is 4.57. The van der Waals surface area contributed by atoms with Gasteiger partial charge in [0.2, 0.25) is 6.29 Å². The molecule has 3 rings (SSSR count). The van der Waals surface area contributed by atoms with Gasteiger partial charge in [-0.15, -0.1) is 0 Å². The van der Waals surface area contributed by atoms with Gasteiger partial charge in [0.15, 0.2) is 0 Å². The van der Waals surface area contributed by atoms with Crippen molar-refractivity contribution in [2.24, 2.45) is 0 Å².